The largest absolute Gasteiger partial charge is 0.507 e. The Labute approximate surface area is 199 Å². The Balaban J connectivity index is 1.97. The van der Waals surface area contributed by atoms with Gasteiger partial charge in [-0.2, -0.15) is 0 Å². The van der Waals surface area contributed by atoms with Gasteiger partial charge in [-0.1, -0.05) is 35.3 Å². The van der Waals surface area contributed by atoms with Gasteiger partial charge in [-0.3, -0.25) is 14.5 Å². The normalized spacial score (nSPS) is 17.8. The lowest BCUT2D eigenvalue weighted by molar-refractivity contribution is -0.132. The monoisotopic (exact) mass is 487 g/mol. The van der Waals surface area contributed by atoms with Gasteiger partial charge in [0, 0.05) is 16.1 Å². The van der Waals surface area contributed by atoms with Crippen LogP contribution in [0, 0.1) is 13.8 Å². The maximum absolute atomic E-state index is 13.2. The fourth-order valence-corrected chi connectivity index (χ4v) is 5.50. The number of carbonyl (C=O) groups is 2. The van der Waals surface area contributed by atoms with Crippen molar-refractivity contribution in [2.75, 3.05) is 12.0 Å². The first kappa shape index (κ1) is 22.4. The van der Waals surface area contributed by atoms with Crippen molar-refractivity contribution in [3.05, 3.63) is 85.0 Å². The summed E-state index contributed by atoms with van der Waals surface area (Å²) in [6.45, 7) is 3.82. The summed E-state index contributed by atoms with van der Waals surface area (Å²) in [6.07, 6.45) is 0. The van der Waals surface area contributed by atoms with Gasteiger partial charge in [0.2, 0.25) is 0 Å². The number of Topliss-reactive ketones (excluding diaryl/α,β-unsaturated/α-hetero) is 1. The first-order valence-electron chi connectivity index (χ1n) is 9.69. The van der Waals surface area contributed by atoms with Crippen LogP contribution in [-0.4, -0.2) is 23.9 Å². The molecule has 0 radical (unpaired) electrons. The van der Waals surface area contributed by atoms with Crippen molar-refractivity contribution in [3.63, 3.8) is 0 Å². The van der Waals surface area contributed by atoms with E-state index in [0.29, 0.717) is 5.69 Å². The van der Waals surface area contributed by atoms with Gasteiger partial charge in [-0.25, -0.2) is 0 Å². The number of amides is 1. The van der Waals surface area contributed by atoms with Gasteiger partial charge in [0.05, 0.1) is 22.7 Å². The van der Waals surface area contributed by atoms with Crippen LogP contribution in [0.3, 0.4) is 0 Å². The average Bonchev–Trinajstić information content (AvgIpc) is 3.28. The van der Waals surface area contributed by atoms with E-state index in [1.165, 1.54) is 35.5 Å². The minimum atomic E-state index is -0.781. The Morgan fingerprint density at radius 2 is 1.78 bits per heavy atom. The predicted molar refractivity (Wildman–Crippen MR) is 128 cm³/mol. The average molecular weight is 488 g/mol. The standard InChI is InChI=1S/C24H19Cl2NO4S/c1-12-5-4-6-15(9-12)27-19(23-13(2)7-8-32-23)18(21(29)24(27)30)20(28)14-10-16(25)22(31-3)17(26)11-14/h4-11,19,28H,1-3H3/b20-18-. The van der Waals surface area contributed by atoms with E-state index in [1.54, 1.807) is 6.07 Å². The topological polar surface area (TPSA) is 66.8 Å². The molecule has 1 unspecified atom stereocenters. The summed E-state index contributed by atoms with van der Waals surface area (Å²) in [5, 5.41) is 13.5. The van der Waals surface area contributed by atoms with Crippen LogP contribution >= 0.6 is 34.5 Å². The quantitative estimate of drug-likeness (QED) is 0.266. The molecule has 1 amide bonds. The second kappa shape index (κ2) is 8.62. The molecule has 0 bridgehead atoms. The van der Waals surface area contributed by atoms with Gasteiger partial charge in [-0.15, -0.1) is 11.3 Å². The zero-order valence-corrected chi connectivity index (χ0v) is 19.8. The van der Waals surface area contributed by atoms with Crippen LogP contribution < -0.4 is 9.64 Å². The highest BCUT2D eigenvalue weighted by molar-refractivity contribution is 7.10. The van der Waals surface area contributed by atoms with Gasteiger partial charge >= 0.3 is 0 Å². The molecular formula is C24H19Cl2NO4S. The van der Waals surface area contributed by atoms with Crippen LogP contribution in [-0.2, 0) is 9.59 Å². The molecule has 0 aliphatic carbocycles. The van der Waals surface area contributed by atoms with E-state index >= 15 is 0 Å². The van der Waals surface area contributed by atoms with Crippen molar-refractivity contribution < 1.29 is 19.4 Å². The molecule has 4 rings (SSSR count). The van der Waals surface area contributed by atoms with E-state index in [-0.39, 0.29) is 32.7 Å². The molecule has 1 N–H and O–H groups in total. The lowest BCUT2D eigenvalue weighted by Gasteiger charge is -2.25. The van der Waals surface area contributed by atoms with Gasteiger partial charge in [0.25, 0.3) is 11.7 Å². The second-order valence-corrected chi connectivity index (χ2v) is 9.21. The number of ketones is 1. The molecule has 2 aromatic carbocycles. The van der Waals surface area contributed by atoms with E-state index in [0.717, 1.165) is 16.0 Å². The number of ether oxygens (including phenoxy) is 1. The molecule has 8 heteroatoms. The van der Waals surface area contributed by atoms with E-state index in [9.17, 15) is 14.7 Å². The minimum Gasteiger partial charge on any atom is -0.507 e. The number of nitrogens with zero attached hydrogens (tertiary/aromatic N) is 1. The summed E-state index contributed by atoms with van der Waals surface area (Å²) in [7, 11) is 1.43. The Bertz CT molecular complexity index is 1260. The molecule has 32 heavy (non-hydrogen) atoms. The van der Waals surface area contributed by atoms with E-state index in [2.05, 4.69) is 0 Å². The zero-order chi connectivity index (χ0) is 23.2. The maximum atomic E-state index is 13.2. The highest BCUT2D eigenvalue weighted by Crippen LogP contribution is 2.46. The molecule has 1 aromatic heterocycles. The van der Waals surface area contributed by atoms with Crippen LogP contribution in [0.15, 0.2) is 53.4 Å². The van der Waals surface area contributed by atoms with Crippen molar-refractivity contribution >= 4 is 57.7 Å². The van der Waals surface area contributed by atoms with Crippen molar-refractivity contribution in [2.24, 2.45) is 0 Å². The summed E-state index contributed by atoms with van der Waals surface area (Å²) in [5.74, 6) is -1.57. The number of hydrogen-bond donors (Lipinski definition) is 1. The predicted octanol–water partition coefficient (Wildman–Crippen LogP) is 6.31. The number of rotatable bonds is 4. The van der Waals surface area contributed by atoms with Crippen LogP contribution in [0.2, 0.25) is 10.0 Å². The number of aliphatic hydroxyl groups excluding tert-OH is 1. The minimum absolute atomic E-state index is 0.0145. The summed E-state index contributed by atoms with van der Waals surface area (Å²) in [6, 6.07) is 11.4. The molecule has 2 heterocycles. The molecule has 5 nitrogen and oxygen atoms in total. The van der Waals surface area contributed by atoms with Crippen LogP contribution in [0.25, 0.3) is 5.76 Å². The summed E-state index contributed by atoms with van der Waals surface area (Å²) < 4.78 is 5.17. The van der Waals surface area contributed by atoms with Crippen LogP contribution in [0.4, 0.5) is 5.69 Å². The fraction of sp³-hybridized carbons (Fsp3) is 0.167. The number of aliphatic hydroxyl groups is 1. The molecule has 1 aliphatic heterocycles. The number of thiophene rings is 1. The third-order valence-corrected chi connectivity index (χ3v) is 6.98. The Hall–Kier alpha value is -2.80. The van der Waals surface area contributed by atoms with Crippen molar-refractivity contribution in [1.82, 2.24) is 0 Å². The molecule has 1 atom stereocenters. The third-order valence-electron chi connectivity index (χ3n) is 5.35. The lowest BCUT2D eigenvalue weighted by atomic mass is 9.98. The van der Waals surface area contributed by atoms with E-state index in [4.69, 9.17) is 27.9 Å². The number of benzene rings is 2. The number of methoxy groups -OCH3 is 1. The first-order valence-corrected chi connectivity index (χ1v) is 11.3. The molecule has 164 valence electrons. The SMILES string of the molecule is COc1c(Cl)cc(/C(O)=C2/C(=O)C(=O)N(c3cccc(C)c3)C2c2sccc2C)cc1Cl. The maximum Gasteiger partial charge on any atom is 0.300 e. The number of aryl methyl sites for hydroxylation is 2. The Morgan fingerprint density at radius 1 is 1.09 bits per heavy atom. The number of anilines is 1. The van der Waals surface area contributed by atoms with Gasteiger partial charge in [0.1, 0.15) is 11.8 Å². The zero-order valence-electron chi connectivity index (χ0n) is 17.5. The van der Waals surface area contributed by atoms with Gasteiger partial charge in [-0.05, 0) is 60.7 Å². The summed E-state index contributed by atoms with van der Waals surface area (Å²) in [5.41, 5.74) is 2.65. The Morgan fingerprint density at radius 3 is 2.34 bits per heavy atom. The van der Waals surface area contributed by atoms with Crippen molar-refractivity contribution in [2.45, 2.75) is 19.9 Å². The van der Waals surface area contributed by atoms with Crippen LogP contribution in [0.1, 0.15) is 27.6 Å². The molecular weight excluding hydrogens is 469 g/mol. The highest BCUT2D eigenvalue weighted by Gasteiger charge is 2.48. The third kappa shape index (κ3) is 3.68. The van der Waals surface area contributed by atoms with E-state index < -0.39 is 17.7 Å². The number of hydrogen-bond acceptors (Lipinski definition) is 5. The molecule has 1 fully saturated rings. The number of halogens is 2. The van der Waals surface area contributed by atoms with Crippen molar-refractivity contribution in [1.29, 1.82) is 0 Å². The van der Waals surface area contributed by atoms with Gasteiger partial charge < -0.3 is 9.84 Å². The van der Waals surface area contributed by atoms with Crippen LogP contribution in [0.5, 0.6) is 5.75 Å². The van der Waals surface area contributed by atoms with E-state index in [1.807, 2.05) is 43.5 Å². The molecule has 1 aliphatic rings. The smallest absolute Gasteiger partial charge is 0.300 e. The second-order valence-electron chi connectivity index (χ2n) is 7.45. The Kier molecular flexibility index (Phi) is 6.03. The first-order chi connectivity index (χ1) is 15.2. The molecule has 1 saturated heterocycles. The highest BCUT2D eigenvalue weighted by atomic mass is 35.5. The summed E-state index contributed by atoms with van der Waals surface area (Å²) in [4.78, 5) is 28.6. The van der Waals surface area contributed by atoms with Gasteiger partial charge in [0.15, 0.2) is 5.75 Å². The fourth-order valence-electron chi connectivity index (χ4n) is 3.84. The molecule has 0 saturated carbocycles. The molecule has 3 aromatic rings. The molecule has 0 spiro atoms. The number of carbonyl (C=O) groups excluding carboxylic acids is 2. The summed E-state index contributed by atoms with van der Waals surface area (Å²) >= 11 is 13.9. The van der Waals surface area contributed by atoms with Crippen molar-refractivity contribution in [3.8, 4) is 5.75 Å². The lowest BCUT2D eigenvalue weighted by Crippen LogP contribution is -2.29.